The molecule has 6 N–H and O–H groups in total. The molecule has 0 bridgehead atoms. The van der Waals surface area contributed by atoms with Crippen LogP contribution in [0.2, 0.25) is 5.02 Å². The van der Waals surface area contributed by atoms with Crippen molar-refractivity contribution in [2.45, 2.75) is 71.4 Å². The molecule has 1 saturated heterocycles. The minimum Gasteiger partial charge on any atom is -0.370 e. The maximum atomic E-state index is 13.5. The Kier molecular flexibility index (Phi) is 11.8. The molecular weight excluding hydrogens is 496 g/mol. The fourth-order valence-corrected chi connectivity index (χ4v) is 4.71. The molecule has 1 heterocycles. The number of aliphatic imine (C=N–C) groups is 1. The third-order valence-electron chi connectivity index (χ3n) is 6.47. The van der Waals surface area contributed by atoms with Gasteiger partial charge in [0, 0.05) is 42.6 Å². The van der Waals surface area contributed by atoms with Crippen LogP contribution in [0.15, 0.2) is 29.3 Å². The second kappa shape index (κ2) is 14.6. The lowest BCUT2D eigenvalue weighted by molar-refractivity contribution is -0.140. The van der Waals surface area contributed by atoms with Crippen LogP contribution in [0.3, 0.4) is 0 Å². The number of hydrogen-bond donors (Lipinski definition) is 4. The van der Waals surface area contributed by atoms with E-state index in [0.717, 1.165) is 0 Å². The molecule has 0 aromatic heterocycles. The van der Waals surface area contributed by atoms with Crippen molar-refractivity contribution in [3.05, 3.63) is 29.3 Å². The van der Waals surface area contributed by atoms with E-state index in [-0.39, 0.29) is 35.8 Å². The number of rotatable bonds is 13. The van der Waals surface area contributed by atoms with E-state index >= 15 is 0 Å². The minimum absolute atomic E-state index is 0.00772. The molecule has 0 radical (unpaired) electrons. The van der Waals surface area contributed by atoms with Crippen LogP contribution in [0.4, 0.5) is 10.5 Å². The number of nitrogens with one attached hydrogen (secondary N) is 2. The number of anilines is 1. The molecule has 0 aliphatic carbocycles. The number of guanidine groups is 1. The highest BCUT2D eigenvalue weighted by molar-refractivity contribution is 6.30. The summed E-state index contributed by atoms with van der Waals surface area (Å²) < 4.78 is 0. The van der Waals surface area contributed by atoms with Crippen molar-refractivity contribution < 1.29 is 19.2 Å². The highest BCUT2D eigenvalue weighted by Gasteiger charge is 2.39. The normalized spacial score (nSPS) is 16.7. The Labute approximate surface area is 223 Å². The van der Waals surface area contributed by atoms with Gasteiger partial charge in [0.1, 0.15) is 11.8 Å². The third kappa shape index (κ3) is 9.35. The Morgan fingerprint density at radius 1 is 1.22 bits per heavy atom. The van der Waals surface area contributed by atoms with Gasteiger partial charge in [0.2, 0.25) is 5.91 Å². The van der Waals surface area contributed by atoms with Gasteiger partial charge in [-0.25, -0.2) is 4.79 Å². The second-order valence-corrected chi connectivity index (χ2v) is 10.1. The van der Waals surface area contributed by atoms with Gasteiger partial charge in [0.05, 0.1) is 6.04 Å². The van der Waals surface area contributed by atoms with Crippen LogP contribution in [0.5, 0.6) is 0 Å². The van der Waals surface area contributed by atoms with Crippen molar-refractivity contribution in [2.75, 3.05) is 18.4 Å². The van der Waals surface area contributed by atoms with Crippen LogP contribution in [0.25, 0.3) is 0 Å². The molecule has 1 aromatic carbocycles. The number of amides is 3. The Morgan fingerprint density at radius 3 is 2.57 bits per heavy atom. The Morgan fingerprint density at radius 2 is 1.95 bits per heavy atom. The predicted octanol–water partition coefficient (Wildman–Crippen LogP) is 3.09. The van der Waals surface area contributed by atoms with Gasteiger partial charge in [-0.1, -0.05) is 38.4 Å². The van der Waals surface area contributed by atoms with Crippen molar-refractivity contribution in [2.24, 2.45) is 28.3 Å². The standard InChI is InChI=1S/C26H39ClN6O4/c1-4-21(34)17(8-6-12-30-25(28)29)14-22(35)20-11-7-13-33(20)24(36)23(16(2)3)32-26(37)31-19-10-5-9-18(27)15-19/h5,9-10,15-17,20,23H,4,6-8,11-14H2,1-3H3,(H4,28,29,30)(H2,31,32,37)/t17-,20-,23-/m0/s1. The largest absolute Gasteiger partial charge is 0.370 e. The number of carbonyl (C=O) groups excluding carboxylic acids is 4. The average molecular weight is 535 g/mol. The van der Waals surface area contributed by atoms with E-state index < -0.39 is 24.0 Å². The van der Waals surface area contributed by atoms with Crippen LogP contribution in [0.1, 0.15) is 59.3 Å². The quantitative estimate of drug-likeness (QED) is 0.173. The molecule has 2 rings (SSSR count). The molecule has 0 spiro atoms. The minimum atomic E-state index is -0.819. The molecule has 1 aliphatic rings. The Balaban J connectivity index is 2.06. The van der Waals surface area contributed by atoms with E-state index in [1.54, 1.807) is 36.1 Å². The van der Waals surface area contributed by atoms with Crippen molar-refractivity contribution >= 4 is 46.8 Å². The first-order chi connectivity index (χ1) is 17.5. The molecule has 1 fully saturated rings. The maximum absolute atomic E-state index is 13.5. The van der Waals surface area contributed by atoms with Gasteiger partial charge in [0.15, 0.2) is 11.7 Å². The maximum Gasteiger partial charge on any atom is 0.319 e. The third-order valence-corrected chi connectivity index (χ3v) is 6.70. The van der Waals surface area contributed by atoms with Crippen molar-refractivity contribution in [3.8, 4) is 0 Å². The zero-order valence-corrected chi connectivity index (χ0v) is 22.6. The highest BCUT2D eigenvalue weighted by Crippen LogP contribution is 2.25. The Hall–Kier alpha value is -3.14. The number of ketones is 2. The number of nitrogens with two attached hydrogens (primary N) is 2. The van der Waals surface area contributed by atoms with E-state index in [2.05, 4.69) is 15.6 Å². The fourth-order valence-electron chi connectivity index (χ4n) is 4.52. The monoisotopic (exact) mass is 534 g/mol. The van der Waals surface area contributed by atoms with Gasteiger partial charge in [-0.15, -0.1) is 0 Å². The summed E-state index contributed by atoms with van der Waals surface area (Å²) in [4.78, 5) is 57.4. The first kappa shape index (κ1) is 30.1. The first-order valence-electron chi connectivity index (χ1n) is 12.8. The lowest BCUT2D eigenvalue weighted by Gasteiger charge is -2.31. The molecular formula is C26H39ClN6O4. The number of likely N-dealkylation sites (tertiary alicyclic amines) is 1. The summed E-state index contributed by atoms with van der Waals surface area (Å²) in [7, 11) is 0. The summed E-state index contributed by atoms with van der Waals surface area (Å²) in [6, 6.07) is 4.73. The first-order valence-corrected chi connectivity index (χ1v) is 13.2. The van der Waals surface area contributed by atoms with Gasteiger partial charge >= 0.3 is 6.03 Å². The van der Waals surface area contributed by atoms with E-state index in [1.165, 1.54) is 0 Å². The van der Waals surface area contributed by atoms with Crippen LogP contribution in [0, 0.1) is 11.8 Å². The molecule has 37 heavy (non-hydrogen) atoms. The number of hydrogen-bond acceptors (Lipinski definition) is 5. The smallest absolute Gasteiger partial charge is 0.319 e. The van der Waals surface area contributed by atoms with Crippen LogP contribution >= 0.6 is 11.6 Å². The molecule has 3 amide bonds. The molecule has 204 valence electrons. The number of nitrogens with zero attached hydrogens (tertiary/aromatic N) is 2. The Bertz CT molecular complexity index is 995. The van der Waals surface area contributed by atoms with E-state index in [1.807, 2.05) is 13.8 Å². The SMILES string of the molecule is CCC(=O)[C@@H](CCCN=C(N)N)CC(=O)[C@@H]1CCCN1C(=O)[C@@H](NC(=O)Nc1cccc(Cl)c1)C(C)C. The molecule has 1 aliphatic heterocycles. The summed E-state index contributed by atoms with van der Waals surface area (Å²) in [5.74, 6) is -1.09. The fraction of sp³-hybridized carbons (Fsp3) is 0.577. The lowest BCUT2D eigenvalue weighted by atomic mass is 9.89. The second-order valence-electron chi connectivity index (χ2n) is 9.66. The van der Waals surface area contributed by atoms with Crippen LogP contribution < -0.4 is 22.1 Å². The molecule has 3 atom stereocenters. The highest BCUT2D eigenvalue weighted by atomic mass is 35.5. The van der Waals surface area contributed by atoms with Gasteiger partial charge in [0.25, 0.3) is 0 Å². The molecule has 0 unspecified atom stereocenters. The van der Waals surface area contributed by atoms with E-state index in [9.17, 15) is 19.2 Å². The summed E-state index contributed by atoms with van der Waals surface area (Å²) in [6.45, 7) is 6.25. The molecule has 10 nitrogen and oxygen atoms in total. The van der Waals surface area contributed by atoms with Gasteiger partial charge < -0.3 is 27.0 Å². The molecule has 1 aromatic rings. The van der Waals surface area contributed by atoms with E-state index in [0.29, 0.717) is 55.9 Å². The summed E-state index contributed by atoms with van der Waals surface area (Å²) in [6.07, 6.45) is 2.68. The zero-order chi connectivity index (χ0) is 27.5. The number of urea groups is 1. The van der Waals surface area contributed by atoms with Crippen LogP contribution in [-0.2, 0) is 14.4 Å². The van der Waals surface area contributed by atoms with Crippen LogP contribution in [-0.4, -0.2) is 59.5 Å². The number of halogens is 1. The van der Waals surface area contributed by atoms with E-state index in [4.69, 9.17) is 23.1 Å². The van der Waals surface area contributed by atoms with Crippen molar-refractivity contribution in [1.29, 1.82) is 0 Å². The predicted molar refractivity (Wildman–Crippen MR) is 145 cm³/mol. The van der Waals surface area contributed by atoms with Gasteiger partial charge in [-0.05, 0) is 49.8 Å². The summed E-state index contributed by atoms with van der Waals surface area (Å²) >= 11 is 5.98. The van der Waals surface area contributed by atoms with Gasteiger partial charge in [-0.3, -0.25) is 19.4 Å². The topological polar surface area (TPSA) is 160 Å². The van der Waals surface area contributed by atoms with Crippen molar-refractivity contribution in [3.63, 3.8) is 0 Å². The van der Waals surface area contributed by atoms with Gasteiger partial charge in [-0.2, -0.15) is 0 Å². The average Bonchev–Trinajstić information content (AvgIpc) is 3.33. The summed E-state index contributed by atoms with van der Waals surface area (Å²) in [5.41, 5.74) is 11.2. The number of benzene rings is 1. The lowest BCUT2D eigenvalue weighted by Crippen LogP contribution is -2.54. The summed E-state index contributed by atoms with van der Waals surface area (Å²) in [5, 5.41) is 5.91. The van der Waals surface area contributed by atoms with Crippen molar-refractivity contribution in [1.82, 2.24) is 10.2 Å². The molecule has 0 saturated carbocycles. The molecule has 11 heteroatoms. The number of Topliss-reactive ketones (excluding diaryl/α,β-unsaturated/α-hetero) is 2. The zero-order valence-electron chi connectivity index (χ0n) is 21.8. The number of carbonyl (C=O) groups is 4.